The quantitative estimate of drug-likeness (QED) is 0.859. The lowest BCUT2D eigenvalue weighted by atomic mass is 9.90. The second-order valence-electron chi connectivity index (χ2n) is 7.30. The van der Waals surface area contributed by atoms with E-state index in [1.807, 2.05) is 0 Å². The highest BCUT2D eigenvalue weighted by Crippen LogP contribution is 2.32. The third kappa shape index (κ3) is 3.35. The largest absolute Gasteiger partial charge is 0.481 e. The number of sulfonamides is 1. The summed E-state index contributed by atoms with van der Waals surface area (Å²) in [7, 11) is -3.74. The molecule has 7 nitrogen and oxygen atoms in total. The smallest absolute Gasteiger partial charge is 0.311 e. The number of nitrogens with zero attached hydrogens (tertiary/aromatic N) is 2. The summed E-state index contributed by atoms with van der Waals surface area (Å²) in [5, 5.41) is 9.36. The molecule has 2 aliphatic rings. The summed E-state index contributed by atoms with van der Waals surface area (Å²) >= 11 is 0. The molecule has 2 fully saturated rings. The van der Waals surface area contributed by atoms with Gasteiger partial charge in [-0.2, -0.15) is 4.31 Å². The third-order valence-corrected chi connectivity index (χ3v) is 7.28. The van der Waals surface area contributed by atoms with Crippen LogP contribution in [0.4, 0.5) is 0 Å². The molecule has 0 saturated carbocycles. The molecule has 1 unspecified atom stereocenters. The Hall–Kier alpha value is -1.93. The molecule has 1 aromatic rings. The Kier molecular flexibility index (Phi) is 5.07. The molecule has 3 rings (SSSR count). The Balaban J connectivity index is 1.90. The average Bonchev–Trinajstić information content (AvgIpc) is 3.05. The molecular weight excluding hydrogens is 356 g/mol. The molecule has 0 aliphatic carbocycles. The first kappa shape index (κ1) is 18.8. The van der Waals surface area contributed by atoms with E-state index in [2.05, 4.69) is 0 Å². The first-order valence-electron chi connectivity index (χ1n) is 8.87. The van der Waals surface area contributed by atoms with E-state index >= 15 is 0 Å². The summed E-state index contributed by atoms with van der Waals surface area (Å²) in [6.07, 6.45) is 3.00. The Morgan fingerprint density at radius 1 is 1.08 bits per heavy atom. The summed E-state index contributed by atoms with van der Waals surface area (Å²) in [5.41, 5.74) is -0.871. The Morgan fingerprint density at radius 3 is 2.35 bits per heavy atom. The van der Waals surface area contributed by atoms with Gasteiger partial charge in [0, 0.05) is 26.2 Å². The highest BCUT2D eigenvalue weighted by atomic mass is 32.2. The molecule has 1 atom stereocenters. The Morgan fingerprint density at radius 2 is 1.73 bits per heavy atom. The second kappa shape index (κ2) is 7.00. The molecule has 2 aliphatic heterocycles. The van der Waals surface area contributed by atoms with Crippen molar-refractivity contribution in [2.45, 2.75) is 37.5 Å². The highest BCUT2D eigenvalue weighted by Gasteiger charge is 2.43. The fourth-order valence-corrected chi connectivity index (χ4v) is 5.29. The Labute approximate surface area is 153 Å². The fourth-order valence-electron chi connectivity index (χ4n) is 3.59. The molecule has 0 spiro atoms. The van der Waals surface area contributed by atoms with Gasteiger partial charge in [-0.15, -0.1) is 0 Å². The molecule has 8 heteroatoms. The van der Waals surface area contributed by atoms with Crippen LogP contribution in [0.25, 0.3) is 0 Å². The first-order valence-corrected chi connectivity index (χ1v) is 10.3. The number of carboxylic acids is 1. The fraction of sp³-hybridized carbons (Fsp3) is 0.556. The van der Waals surface area contributed by atoms with Gasteiger partial charge in [0.15, 0.2) is 0 Å². The number of piperidine rings is 1. The number of benzene rings is 1. The predicted molar refractivity (Wildman–Crippen MR) is 95.3 cm³/mol. The molecule has 26 heavy (non-hydrogen) atoms. The summed E-state index contributed by atoms with van der Waals surface area (Å²) in [6.45, 7) is 2.93. The number of aliphatic carboxylic acids is 1. The lowest BCUT2D eigenvalue weighted by Gasteiger charge is -2.27. The molecule has 2 heterocycles. The third-order valence-electron chi connectivity index (χ3n) is 5.33. The molecule has 0 radical (unpaired) electrons. The van der Waals surface area contributed by atoms with Crippen LogP contribution in [0.15, 0.2) is 29.2 Å². The van der Waals surface area contributed by atoms with Gasteiger partial charge in [-0.1, -0.05) is 18.6 Å². The number of carboxylic acid groups (broad SMARTS) is 1. The van der Waals surface area contributed by atoms with Crippen molar-refractivity contribution in [3.05, 3.63) is 29.8 Å². The zero-order valence-electron chi connectivity index (χ0n) is 14.8. The average molecular weight is 380 g/mol. The number of likely N-dealkylation sites (tertiary alicyclic amines) is 1. The maximum Gasteiger partial charge on any atom is 0.311 e. The minimum Gasteiger partial charge on any atom is -0.481 e. The molecular formula is C18H24N2O5S. The predicted octanol–water partition coefficient (Wildman–Crippen LogP) is 1.80. The maximum absolute atomic E-state index is 13.0. The van der Waals surface area contributed by atoms with Crippen LogP contribution in [0.5, 0.6) is 0 Å². The molecule has 1 amide bonds. The van der Waals surface area contributed by atoms with Crippen LogP contribution in [-0.2, 0) is 14.8 Å². The van der Waals surface area contributed by atoms with Crippen LogP contribution >= 0.6 is 0 Å². The van der Waals surface area contributed by atoms with Crippen molar-refractivity contribution in [3.63, 3.8) is 0 Å². The van der Waals surface area contributed by atoms with Crippen LogP contribution in [0.1, 0.15) is 43.0 Å². The van der Waals surface area contributed by atoms with Crippen LogP contribution in [0.2, 0.25) is 0 Å². The van der Waals surface area contributed by atoms with Crippen molar-refractivity contribution in [3.8, 4) is 0 Å². The zero-order valence-corrected chi connectivity index (χ0v) is 15.7. The maximum atomic E-state index is 13.0. The van der Waals surface area contributed by atoms with Gasteiger partial charge in [0.25, 0.3) is 5.91 Å². The topological polar surface area (TPSA) is 95.0 Å². The summed E-state index contributed by atoms with van der Waals surface area (Å²) in [5.74, 6) is -1.37. The number of carbonyl (C=O) groups is 2. The molecule has 1 N–H and O–H groups in total. The molecule has 142 valence electrons. The van der Waals surface area contributed by atoms with E-state index in [0.717, 1.165) is 19.3 Å². The number of carbonyl (C=O) groups excluding carboxylic acids is 1. The summed E-state index contributed by atoms with van der Waals surface area (Å²) < 4.78 is 27.5. The minimum atomic E-state index is -3.74. The van der Waals surface area contributed by atoms with Crippen LogP contribution in [-0.4, -0.2) is 60.8 Å². The van der Waals surface area contributed by atoms with Gasteiger partial charge in [0.05, 0.1) is 15.9 Å². The van der Waals surface area contributed by atoms with Crippen molar-refractivity contribution in [1.82, 2.24) is 9.21 Å². The van der Waals surface area contributed by atoms with Crippen molar-refractivity contribution in [2.75, 3.05) is 26.2 Å². The van der Waals surface area contributed by atoms with Gasteiger partial charge >= 0.3 is 5.97 Å². The number of amides is 1. The number of rotatable bonds is 4. The van der Waals surface area contributed by atoms with Crippen molar-refractivity contribution in [1.29, 1.82) is 0 Å². The van der Waals surface area contributed by atoms with Crippen molar-refractivity contribution >= 4 is 21.9 Å². The van der Waals surface area contributed by atoms with E-state index in [4.69, 9.17) is 0 Å². The van der Waals surface area contributed by atoms with Crippen LogP contribution < -0.4 is 0 Å². The van der Waals surface area contributed by atoms with E-state index in [1.165, 1.54) is 21.3 Å². The number of hydrogen-bond donors (Lipinski definition) is 1. The van der Waals surface area contributed by atoms with Crippen LogP contribution in [0, 0.1) is 5.41 Å². The standard InChI is InChI=1S/C18H24N2O5S/c1-18(17(22)23)9-12-19(13-18)16(21)14-7-3-4-8-15(14)26(24,25)20-10-5-2-6-11-20/h3-4,7-8H,2,5-6,9-13H2,1H3,(H,22,23). The monoisotopic (exact) mass is 380 g/mol. The number of hydrogen-bond acceptors (Lipinski definition) is 4. The SMILES string of the molecule is CC1(C(=O)O)CCN(C(=O)c2ccccc2S(=O)(=O)N2CCCCC2)C1. The van der Waals surface area contributed by atoms with Gasteiger partial charge < -0.3 is 10.0 Å². The van der Waals surface area contributed by atoms with E-state index in [1.54, 1.807) is 19.1 Å². The second-order valence-corrected chi connectivity index (χ2v) is 9.21. The van der Waals surface area contributed by atoms with E-state index in [9.17, 15) is 23.1 Å². The van der Waals surface area contributed by atoms with Gasteiger partial charge in [-0.3, -0.25) is 9.59 Å². The van der Waals surface area contributed by atoms with Crippen molar-refractivity contribution < 1.29 is 23.1 Å². The van der Waals surface area contributed by atoms with Gasteiger partial charge in [-0.25, -0.2) is 8.42 Å². The molecule has 1 aromatic carbocycles. The van der Waals surface area contributed by atoms with E-state index < -0.39 is 27.3 Å². The molecule has 0 aromatic heterocycles. The molecule has 2 saturated heterocycles. The van der Waals surface area contributed by atoms with Crippen LogP contribution in [0.3, 0.4) is 0 Å². The van der Waals surface area contributed by atoms with Gasteiger partial charge in [-0.05, 0) is 38.3 Å². The summed E-state index contributed by atoms with van der Waals surface area (Å²) in [6, 6.07) is 6.22. The van der Waals surface area contributed by atoms with E-state index in [-0.39, 0.29) is 17.0 Å². The first-order chi connectivity index (χ1) is 12.3. The van der Waals surface area contributed by atoms with Gasteiger partial charge in [0.2, 0.25) is 10.0 Å². The highest BCUT2D eigenvalue weighted by molar-refractivity contribution is 7.89. The zero-order chi connectivity index (χ0) is 18.9. The van der Waals surface area contributed by atoms with E-state index in [0.29, 0.717) is 26.1 Å². The lowest BCUT2D eigenvalue weighted by Crippen LogP contribution is -2.38. The van der Waals surface area contributed by atoms with Gasteiger partial charge in [0.1, 0.15) is 0 Å². The Bertz CT molecular complexity index is 817. The normalized spacial score (nSPS) is 24.6. The lowest BCUT2D eigenvalue weighted by molar-refractivity contribution is -0.147. The van der Waals surface area contributed by atoms with Crippen molar-refractivity contribution in [2.24, 2.45) is 5.41 Å². The molecule has 0 bridgehead atoms. The summed E-state index contributed by atoms with van der Waals surface area (Å²) in [4.78, 5) is 25.8. The minimum absolute atomic E-state index is 0.0100.